The Morgan fingerprint density at radius 1 is 1.00 bits per heavy atom. The minimum Gasteiger partial charge on any atom is -0.326 e. The molecule has 178 valence electrons. The van der Waals surface area contributed by atoms with E-state index in [2.05, 4.69) is 38.8 Å². The summed E-state index contributed by atoms with van der Waals surface area (Å²) in [5.74, 6) is 0.762. The lowest BCUT2D eigenvalue weighted by Gasteiger charge is -2.09. The van der Waals surface area contributed by atoms with Crippen LogP contribution in [0.5, 0.6) is 0 Å². The highest BCUT2D eigenvalue weighted by molar-refractivity contribution is 5.92. The molecule has 0 radical (unpaired) electrons. The normalized spacial score (nSPS) is 12.1. The fourth-order valence-electron chi connectivity index (χ4n) is 3.49. The summed E-state index contributed by atoms with van der Waals surface area (Å²) >= 11 is 0. The molecule has 1 aromatic heterocycles. The number of anilines is 1. The average Bonchev–Trinajstić information content (AvgIpc) is 2.90. The minimum absolute atomic E-state index is 0.00854. The number of aryl methyl sites for hydroxylation is 1. The van der Waals surface area contributed by atoms with E-state index in [1.165, 1.54) is 5.56 Å². The summed E-state index contributed by atoms with van der Waals surface area (Å²) in [6.45, 7) is 2.84. The molecule has 0 atom stereocenters. The first-order valence-electron chi connectivity index (χ1n) is 11.8. The zero-order valence-corrected chi connectivity index (χ0v) is 20.3. The molecular weight excluding hydrogens is 434 g/mol. The van der Waals surface area contributed by atoms with Gasteiger partial charge < -0.3 is 10.6 Å². The number of hydrogen-bond acceptors (Lipinski definition) is 5. The largest absolute Gasteiger partial charge is 0.326 e. The van der Waals surface area contributed by atoms with Crippen LogP contribution in [0.3, 0.4) is 0 Å². The predicted octanol–water partition coefficient (Wildman–Crippen LogP) is 5.38. The molecule has 0 fully saturated rings. The van der Waals surface area contributed by atoms with Gasteiger partial charge in [0.1, 0.15) is 5.82 Å². The first-order valence-corrected chi connectivity index (χ1v) is 11.8. The van der Waals surface area contributed by atoms with Gasteiger partial charge >= 0.3 is 0 Å². The number of allylic oxidation sites excluding steroid dienone is 3. The molecule has 6 nitrogen and oxygen atoms in total. The molecule has 4 rings (SSSR count). The summed E-state index contributed by atoms with van der Waals surface area (Å²) in [4.78, 5) is 20.5. The van der Waals surface area contributed by atoms with Crippen molar-refractivity contribution >= 4 is 11.6 Å². The first-order chi connectivity index (χ1) is 17.1. The standard InChI is InChI=1S/C19H19N3O.C10H12N2/c1-14-20-12-17(13-21-14)16-7-9-18(10-8-16)22-19(23)11-15-5-3-2-4-6-15;1-12-7-6-9-2-4-10(8-11)5-3-9/h3,5-10,12-13H,2,4,11H2,1H3,(H,22,23);2-5,12H,6-7H2,1H3. The average molecular weight is 466 g/mol. The van der Waals surface area contributed by atoms with E-state index in [-0.39, 0.29) is 5.91 Å². The predicted molar refractivity (Wildman–Crippen MR) is 141 cm³/mol. The van der Waals surface area contributed by atoms with E-state index < -0.39 is 0 Å². The Morgan fingerprint density at radius 2 is 1.71 bits per heavy atom. The van der Waals surface area contributed by atoms with Crippen LogP contribution in [-0.4, -0.2) is 29.5 Å². The number of aromatic nitrogens is 2. The van der Waals surface area contributed by atoms with E-state index in [1.54, 1.807) is 12.4 Å². The third-order valence-electron chi connectivity index (χ3n) is 5.47. The monoisotopic (exact) mass is 465 g/mol. The van der Waals surface area contributed by atoms with Crippen molar-refractivity contribution < 1.29 is 4.79 Å². The molecule has 2 aromatic carbocycles. The quantitative estimate of drug-likeness (QED) is 0.489. The summed E-state index contributed by atoms with van der Waals surface area (Å²) in [5.41, 5.74) is 5.87. The van der Waals surface area contributed by atoms with Gasteiger partial charge in [0.15, 0.2) is 0 Å². The van der Waals surface area contributed by atoms with Crippen molar-refractivity contribution in [3.63, 3.8) is 0 Å². The fraction of sp³-hybridized carbons (Fsp3) is 0.241. The number of rotatable bonds is 7. The van der Waals surface area contributed by atoms with Crippen LogP contribution in [0.2, 0.25) is 0 Å². The van der Waals surface area contributed by atoms with Crippen molar-refractivity contribution in [2.75, 3.05) is 18.9 Å². The molecule has 1 amide bonds. The fourth-order valence-corrected chi connectivity index (χ4v) is 3.49. The van der Waals surface area contributed by atoms with Crippen molar-refractivity contribution in [2.24, 2.45) is 0 Å². The Kier molecular flexibility index (Phi) is 9.91. The van der Waals surface area contributed by atoms with Gasteiger partial charge in [0, 0.05) is 23.6 Å². The van der Waals surface area contributed by atoms with Crippen LogP contribution in [0.1, 0.15) is 36.2 Å². The van der Waals surface area contributed by atoms with Crippen molar-refractivity contribution in [1.82, 2.24) is 15.3 Å². The number of likely N-dealkylation sites (N-methyl/N-ethyl adjacent to an activating group) is 1. The van der Waals surface area contributed by atoms with Crippen molar-refractivity contribution in [2.45, 2.75) is 32.6 Å². The minimum atomic E-state index is 0.00854. The summed E-state index contributed by atoms with van der Waals surface area (Å²) in [5, 5.41) is 14.6. The van der Waals surface area contributed by atoms with Crippen LogP contribution >= 0.6 is 0 Å². The molecule has 3 aromatic rings. The molecule has 2 N–H and O–H groups in total. The Morgan fingerprint density at radius 3 is 2.31 bits per heavy atom. The van der Waals surface area contributed by atoms with E-state index in [4.69, 9.17) is 5.26 Å². The number of nitriles is 1. The van der Waals surface area contributed by atoms with Crippen LogP contribution < -0.4 is 10.6 Å². The summed E-state index contributed by atoms with van der Waals surface area (Å²) in [7, 11) is 1.93. The Balaban J connectivity index is 0.000000241. The number of nitrogens with one attached hydrogen (secondary N) is 2. The van der Waals surface area contributed by atoms with E-state index in [0.717, 1.165) is 59.6 Å². The maximum Gasteiger partial charge on any atom is 0.228 e. The van der Waals surface area contributed by atoms with E-state index >= 15 is 0 Å². The smallest absolute Gasteiger partial charge is 0.228 e. The van der Waals surface area contributed by atoms with Gasteiger partial charge in [-0.25, -0.2) is 9.97 Å². The zero-order chi connectivity index (χ0) is 24.9. The highest BCUT2D eigenvalue weighted by atomic mass is 16.1. The lowest BCUT2D eigenvalue weighted by molar-refractivity contribution is -0.115. The third kappa shape index (κ3) is 8.65. The van der Waals surface area contributed by atoms with Gasteiger partial charge in [0.25, 0.3) is 0 Å². The van der Waals surface area contributed by atoms with Crippen LogP contribution in [0.15, 0.2) is 84.7 Å². The highest BCUT2D eigenvalue weighted by Crippen LogP contribution is 2.21. The maximum absolute atomic E-state index is 12.1. The number of carbonyl (C=O) groups excluding carboxylic acids is 1. The number of hydrogen-bond donors (Lipinski definition) is 2. The molecule has 0 saturated carbocycles. The molecule has 1 aliphatic rings. The lowest BCUT2D eigenvalue weighted by atomic mass is 10.0. The first kappa shape index (κ1) is 25.5. The van der Waals surface area contributed by atoms with Crippen LogP contribution in [0.25, 0.3) is 11.1 Å². The second kappa shape index (κ2) is 13.6. The molecule has 35 heavy (non-hydrogen) atoms. The van der Waals surface area contributed by atoms with E-state index in [0.29, 0.717) is 6.42 Å². The number of benzene rings is 2. The summed E-state index contributed by atoms with van der Waals surface area (Å²) in [6.07, 6.45) is 13.4. The van der Waals surface area contributed by atoms with Crippen LogP contribution in [-0.2, 0) is 11.2 Å². The second-order valence-corrected chi connectivity index (χ2v) is 8.24. The summed E-state index contributed by atoms with van der Waals surface area (Å²) < 4.78 is 0. The molecule has 0 unspecified atom stereocenters. The third-order valence-corrected chi connectivity index (χ3v) is 5.47. The van der Waals surface area contributed by atoms with E-state index in [1.807, 2.05) is 68.6 Å². The van der Waals surface area contributed by atoms with Crippen molar-refractivity contribution in [1.29, 1.82) is 5.26 Å². The molecule has 1 aliphatic carbocycles. The molecular formula is C29H31N5O. The SMILES string of the molecule is CNCCc1ccc(C#N)cc1.Cc1ncc(-c2ccc(NC(=O)CC3=CCCC=C3)cc2)cn1. The van der Waals surface area contributed by atoms with Gasteiger partial charge in [-0.3, -0.25) is 4.79 Å². The van der Waals surface area contributed by atoms with Gasteiger partial charge in [0.05, 0.1) is 18.1 Å². The van der Waals surface area contributed by atoms with Crippen LogP contribution in [0.4, 0.5) is 5.69 Å². The highest BCUT2D eigenvalue weighted by Gasteiger charge is 2.07. The Bertz CT molecular complexity index is 1190. The Hall–Kier alpha value is -4.08. The van der Waals surface area contributed by atoms with Crippen molar-refractivity contribution in [3.8, 4) is 17.2 Å². The van der Waals surface area contributed by atoms with Crippen molar-refractivity contribution in [3.05, 3.63) is 102 Å². The molecule has 0 bridgehead atoms. The van der Waals surface area contributed by atoms with Crippen LogP contribution in [0, 0.1) is 18.3 Å². The lowest BCUT2D eigenvalue weighted by Crippen LogP contribution is -2.12. The maximum atomic E-state index is 12.1. The molecule has 1 heterocycles. The number of nitrogens with zero attached hydrogens (tertiary/aromatic N) is 3. The Labute approximate surface area is 207 Å². The topological polar surface area (TPSA) is 90.7 Å². The van der Waals surface area contributed by atoms with Gasteiger partial charge in [-0.05, 0) is 80.7 Å². The van der Waals surface area contributed by atoms with E-state index in [9.17, 15) is 4.79 Å². The van der Waals surface area contributed by atoms with Gasteiger partial charge in [-0.1, -0.05) is 42.5 Å². The van der Waals surface area contributed by atoms with Gasteiger partial charge in [-0.2, -0.15) is 5.26 Å². The van der Waals surface area contributed by atoms with Gasteiger partial charge in [-0.15, -0.1) is 0 Å². The molecule has 0 aliphatic heterocycles. The molecule has 6 heteroatoms. The molecule has 0 saturated heterocycles. The molecule has 0 spiro atoms. The second-order valence-electron chi connectivity index (χ2n) is 8.24. The zero-order valence-electron chi connectivity index (χ0n) is 20.3. The van der Waals surface area contributed by atoms with Gasteiger partial charge in [0.2, 0.25) is 5.91 Å². The summed E-state index contributed by atoms with van der Waals surface area (Å²) in [6, 6.07) is 17.5. The number of amides is 1. The number of carbonyl (C=O) groups is 1.